The van der Waals surface area contributed by atoms with E-state index in [1.807, 2.05) is 12.1 Å². The van der Waals surface area contributed by atoms with Crippen LogP contribution in [0.5, 0.6) is 17.2 Å². The van der Waals surface area contributed by atoms with E-state index in [-0.39, 0.29) is 23.5 Å². The Morgan fingerprint density at radius 3 is 2.43 bits per heavy atom. The summed E-state index contributed by atoms with van der Waals surface area (Å²) in [5, 5.41) is 25.9. The van der Waals surface area contributed by atoms with Crippen molar-refractivity contribution in [2.75, 3.05) is 18.9 Å². The summed E-state index contributed by atoms with van der Waals surface area (Å²) in [6, 6.07) is 26.0. The van der Waals surface area contributed by atoms with Crippen molar-refractivity contribution < 1.29 is 24.5 Å². The maximum atomic E-state index is 11.6. The Bertz CT molecular complexity index is 1390. The van der Waals surface area contributed by atoms with Crippen LogP contribution in [-0.2, 0) is 6.42 Å². The van der Waals surface area contributed by atoms with E-state index in [1.54, 1.807) is 24.3 Å². The number of nitrogens with one attached hydrogen (secondary N) is 1. The fourth-order valence-corrected chi connectivity index (χ4v) is 4.11. The van der Waals surface area contributed by atoms with Gasteiger partial charge >= 0.3 is 5.97 Å². The van der Waals surface area contributed by atoms with Crippen molar-refractivity contribution in [2.45, 2.75) is 31.9 Å². The van der Waals surface area contributed by atoms with Crippen molar-refractivity contribution in [3.63, 3.8) is 0 Å². The Morgan fingerprint density at radius 1 is 0.946 bits per heavy atom. The van der Waals surface area contributed by atoms with Gasteiger partial charge in [0.15, 0.2) is 0 Å². The number of benzene rings is 4. The van der Waals surface area contributed by atoms with Gasteiger partial charge in [-0.15, -0.1) is 0 Å². The first-order chi connectivity index (χ1) is 17.7. The highest BCUT2D eigenvalue weighted by Crippen LogP contribution is 2.32. The minimum absolute atomic E-state index is 0.0201. The summed E-state index contributed by atoms with van der Waals surface area (Å²) in [6.07, 6.45) is 0.0231. The van der Waals surface area contributed by atoms with E-state index in [4.69, 9.17) is 15.2 Å². The van der Waals surface area contributed by atoms with Gasteiger partial charge in [-0.1, -0.05) is 54.6 Å². The number of hydrogen-bond donors (Lipinski definition) is 4. The van der Waals surface area contributed by atoms with Crippen LogP contribution < -0.4 is 20.5 Å². The van der Waals surface area contributed by atoms with Gasteiger partial charge in [0.05, 0.1) is 5.69 Å². The molecule has 0 saturated carbocycles. The Morgan fingerprint density at radius 2 is 1.68 bits per heavy atom. The molecule has 192 valence electrons. The molecular weight excluding hydrogens is 468 g/mol. The maximum absolute atomic E-state index is 11.6. The molecule has 0 saturated heterocycles. The molecule has 0 aliphatic rings. The first-order valence-electron chi connectivity index (χ1n) is 12.1. The van der Waals surface area contributed by atoms with E-state index in [9.17, 15) is 15.0 Å². The maximum Gasteiger partial charge on any atom is 0.339 e. The lowest BCUT2D eigenvalue weighted by Crippen LogP contribution is -2.46. The third-order valence-electron chi connectivity index (χ3n) is 6.04. The zero-order valence-electron chi connectivity index (χ0n) is 21.0. The zero-order valence-corrected chi connectivity index (χ0v) is 21.0. The predicted octanol–water partition coefficient (Wildman–Crippen LogP) is 5.26. The summed E-state index contributed by atoms with van der Waals surface area (Å²) < 4.78 is 11.5. The lowest BCUT2D eigenvalue weighted by molar-refractivity contribution is 0.0693. The molecule has 4 aromatic carbocycles. The van der Waals surface area contributed by atoms with E-state index in [2.05, 4.69) is 49.5 Å². The number of β-amino-alcohol motifs (C(OH)–C–C–N with tert-alkyl or cyclic N) is 1. The molecule has 0 amide bonds. The van der Waals surface area contributed by atoms with E-state index < -0.39 is 12.1 Å². The smallest absolute Gasteiger partial charge is 0.339 e. The number of ether oxygens (including phenoxy) is 2. The zero-order chi connectivity index (χ0) is 26.4. The summed E-state index contributed by atoms with van der Waals surface area (Å²) in [5.41, 5.74) is 7.26. The lowest BCUT2D eigenvalue weighted by Gasteiger charge is -2.28. The molecule has 0 radical (unpaired) electrons. The molecule has 0 aromatic heterocycles. The molecule has 1 atom stereocenters. The third kappa shape index (κ3) is 7.00. The van der Waals surface area contributed by atoms with Gasteiger partial charge in [-0.2, -0.15) is 0 Å². The van der Waals surface area contributed by atoms with E-state index in [1.165, 1.54) is 34.5 Å². The number of nitrogen functional groups attached to an aromatic ring is 1. The largest absolute Gasteiger partial charge is 0.491 e. The van der Waals surface area contributed by atoms with E-state index >= 15 is 0 Å². The lowest BCUT2D eigenvalue weighted by atomic mass is 9.93. The summed E-state index contributed by atoms with van der Waals surface area (Å²) >= 11 is 0. The molecule has 0 bridgehead atoms. The fourth-order valence-electron chi connectivity index (χ4n) is 4.11. The molecule has 4 rings (SSSR count). The van der Waals surface area contributed by atoms with Crippen molar-refractivity contribution >= 4 is 22.4 Å². The van der Waals surface area contributed by atoms with Crippen LogP contribution >= 0.6 is 0 Å². The first-order valence-corrected chi connectivity index (χ1v) is 12.1. The second kappa shape index (κ2) is 11.3. The van der Waals surface area contributed by atoms with Gasteiger partial charge in [0.2, 0.25) is 0 Å². The third-order valence-corrected chi connectivity index (χ3v) is 6.04. The Labute approximate surface area is 216 Å². The van der Waals surface area contributed by atoms with Gasteiger partial charge in [-0.05, 0) is 60.9 Å². The quantitative estimate of drug-likeness (QED) is 0.208. The van der Waals surface area contributed by atoms with Gasteiger partial charge in [0, 0.05) is 18.2 Å². The minimum atomic E-state index is -1.13. The molecule has 4 aromatic rings. The summed E-state index contributed by atoms with van der Waals surface area (Å²) in [5.74, 6) is -0.301. The van der Waals surface area contributed by atoms with Crippen LogP contribution in [0.15, 0.2) is 84.9 Å². The molecule has 0 fully saturated rings. The van der Waals surface area contributed by atoms with Gasteiger partial charge in [-0.25, -0.2) is 4.79 Å². The molecular formula is C30H32N2O5. The number of anilines is 1. The van der Waals surface area contributed by atoms with Crippen molar-refractivity contribution in [1.29, 1.82) is 0 Å². The van der Waals surface area contributed by atoms with Crippen LogP contribution in [0, 0.1) is 0 Å². The summed E-state index contributed by atoms with van der Waals surface area (Å²) in [6.45, 7) is 4.55. The number of carboxylic acids is 1. The number of aliphatic hydroxyl groups excluding tert-OH is 1. The number of carboxylic acid groups (broad SMARTS) is 1. The molecule has 0 heterocycles. The molecule has 0 unspecified atom stereocenters. The molecule has 7 heteroatoms. The summed E-state index contributed by atoms with van der Waals surface area (Å²) in [7, 11) is 0. The number of nitrogens with two attached hydrogens (primary N) is 1. The number of rotatable bonds is 11. The van der Waals surface area contributed by atoms with Gasteiger partial charge < -0.3 is 30.7 Å². The molecule has 0 aliphatic carbocycles. The van der Waals surface area contributed by atoms with Crippen molar-refractivity contribution in [3.05, 3.63) is 96.1 Å². The standard InChI is InChI=1S/C30H32N2O5/c1-30(2,17-20-11-12-21-7-3-4-8-22(21)15-20)32-18-23(33)19-36-24-13-14-25(29(34)35)28(16-24)37-27-10-6-5-9-26(27)31/h3-16,23,32-33H,17-19,31H2,1-2H3,(H,34,35)/t23-/m1/s1. The topological polar surface area (TPSA) is 114 Å². The fraction of sp³-hybridized carbons (Fsp3) is 0.233. The molecule has 0 spiro atoms. The SMILES string of the molecule is CC(C)(Cc1ccc2ccccc2c1)NC[C@@H](O)COc1ccc(C(=O)O)c(Oc2ccccc2N)c1. The molecule has 7 nitrogen and oxygen atoms in total. The number of aromatic carboxylic acids is 1. The normalized spacial score (nSPS) is 12.3. The average Bonchev–Trinajstić information content (AvgIpc) is 2.87. The highest BCUT2D eigenvalue weighted by atomic mass is 16.5. The highest BCUT2D eigenvalue weighted by molar-refractivity contribution is 5.91. The van der Waals surface area contributed by atoms with Gasteiger partial charge in [0.1, 0.15) is 35.5 Å². The average molecular weight is 501 g/mol. The number of fused-ring (bicyclic) bond motifs is 1. The number of carbonyl (C=O) groups is 1. The van der Waals surface area contributed by atoms with Crippen LogP contribution in [-0.4, -0.2) is 41.0 Å². The van der Waals surface area contributed by atoms with Crippen LogP contribution in [0.2, 0.25) is 0 Å². The Hall–Kier alpha value is -4.07. The van der Waals surface area contributed by atoms with E-state index in [0.717, 1.165) is 6.42 Å². The van der Waals surface area contributed by atoms with Crippen LogP contribution in [0.3, 0.4) is 0 Å². The molecule has 5 N–H and O–H groups in total. The summed E-state index contributed by atoms with van der Waals surface area (Å²) in [4.78, 5) is 11.6. The van der Waals surface area contributed by atoms with Gasteiger partial charge in [0.25, 0.3) is 0 Å². The predicted molar refractivity (Wildman–Crippen MR) is 146 cm³/mol. The van der Waals surface area contributed by atoms with Crippen LogP contribution in [0.4, 0.5) is 5.69 Å². The highest BCUT2D eigenvalue weighted by Gasteiger charge is 2.20. The number of para-hydroxylation sites is 2. The van der Waals surface area contributed by atoms with Crippen molar-refractivity contribution in [3.8, 4) is 17.2 Å². The monoisotopic (exact) mass is 500 g/mol. The van der Waals surface area contributed by atoms with Crippen molar-refractivity contribution in [1.82, 2.24) is 5.32 Å². The van der Waals surface area contributed by atoms with Gasteiger partial charge in [-0.3, -0.25) is 0 Å². The van der Waals surface area contributed by atoms with Crippen LogP contribution in [0.25, 0.3) is 10.8 Å². The number of aliphatic hydroxyl groups is 1. The van der Waals surface area contributed by atoms with Crippen molar-refractivity contribution in [2.24, 2.45) is 0 Å². The van der Waals surface area contributed by atoms with Crippen LogP contribution in [0.1, 0.15) is 29.8 Å². The number of hydrogen-bond acceptors (Lipinski definition) is 6. The van der Waals surface area contributed by atoms with E-state index in [0.29, 0.717) is 23.7 Å². The molecule has 37 heavy (non-hydrogen) atoms. The Kier molecular flexibility index (Phi) is 7.96. The second-order valence-electron chi connectivity index (χ2n) is 9.69. The first kappa shape index (κ1) is 26.0. The Balaban J connectivity index is 1.34. The minimum Gasteiger partial charge on any atom is -0.491 e. The second-order valence-corrected chi connectivity index (χ2v) is 9.69. The molecule has 0 aliphatic heterocycles.